The number of halogens is 1. The summed E-state index contributed by atoms with van der Waals surface area (Å²) in [7, 11) is -1.80. The number of ether oxygens (including phenoxy) is 1. The number of hydrogen-bond acceptors (Lipinski definition) is 9. The van der Waals surface area contributed by atoms with Crippen LogP contribution in [0.3, 0.4) is 0 Å². The van der Waals surface area contributed by atoms with Gasteiger partial charge in [0.05, 0.1) is 24.5 Å². The number of nitrogens with zero attached hydrogens (tertiary/aromatic N) is 7. The molecule has 0 bridgehead atoms. The molecular formula is C20H23FN8O3S. The van der Waals surface area contributed by atoms with Crippen LogP contribution in [0.1, 0.15) is 24.6 Å². The third kappa shape index (κ3) is 4.03. The zero-order valence-electron chi connectivity index (χ0n) is 18.1. The molecule has 4 aromatic rings. The van der Waals surface area contributed by atoms with Crippen molar-refractivity contribution in [2.24, 2.45) is 0 Å². The number of benzene rings is 1. The number of anilines is 2. The standard InChI is InChI=1S/C20H23FN8O3S/c1-32-17-7-16-14(6-15(17)21)19-25-18(26-29(19)20(22)24-16)12-4-3-5-27(9-12)13-8-23-28(10-13)11-33(2,30)31/h6-8,10,12H,3-5,9,11H2,1-2H3,(H2,22,24). The van der Waals surface area contributed by atoms with Crippen molar-refractivity contribution in [1.29, 1.82) is 0 Å². The van der Waals surface area contributed by atoms with Crippen LogP contribution in [0.4, 0.5) is 16.0 Å². The van der Waals surface area contributed by atoms with Crippen LogP contribution in [0.25, 0.3) is 16.6 Å². The Hall–Kier alpha value is -3.48. The Bertz CT molecular complexity index is 1470. The van der Waals surface area contributed by atoms with Crippen molar-refractivity contribution in [2.75, 3.05) is 37.1 Å². The SMILES string of the molecule is COc1cc2nc(N)n3nc(C4CCCN(c5cnn(CS(C)(=O)=O)c5)C4)nc3c2cc1F. The molecule has 1 aliphatic rings. The molecule has 0 spiro atoms. The molecule has 0 radical (unpaired) electrons. The number of hydrogen-bond donors (Lipinski definition) is 1. The van der Waals surface area contributed by atoms with E-state index in [0.717, 1.165) is 25.1 Å². The Morgan fingerprint density at radius 3 is 2.88 bits per heavy atom. The van der Waals surface area contributed by atoms with Gasteiger partial charge in [-0.1, -0.05) is 0 Å². The molecular weight excluding hydrogens is 451 g/mol. The van der Waals surface area contributed by atoms with E-state index in [1.54, 1.807) is 12.4 Å². The smallest absolute Gasteiger partial charge is 0.223 e. The van der Waals surface area contributed by atoms with Gasteiger partial charge in [-0.15, -0.1) is 5.10 Å². The third-order valence-corrected chi connectivity index (χ3v) is 6.46. The van der Waals surface area contributed by atoms with Crippen molar-refractivity contribution in [2.45, 2.75) is 24.6 Å². The first kappa shape index (κ1) is 21.4. The first-order valence-corrected chi connectivity index (χ1v) is 12.4. The molecule has 174 valence electrons. The first-order chi connectivity index (χ1) is 15.7. The quantitative estimate of drug-likeness (QED) is 0.458. The summed E-state index contributed by atoms with van der Waals surface area (Å²) in [4.78, 5) is 11.2. The molecule has 4 heterocycles. The number of nitrogen functional groups attached to an aromatic ring is 1. The Kier molecular flexibility index (Phi) is 5.07. The molecule has 13 heteroatoms. The van der Waals surface area contributed by atoms with Crippen LogP contribution in [0.15, 0.2) is 24.5 Å². The lowest BCUT2D eigenvalue weighted by Crippen LogP contribution is -2.34. The minimum atomic E-state index is -3.19. The predicted molar refractivity (Wildman–Crippen MR) is 120 cm³/mol. The highest BCUT2D eigenvalue weighted by Crippen LogP contribution is 2.31. The van der Waals surface area contributed by atoms with Crippen LogP contribution in [-0.4, -0.2) is 64.2 Å². The zero-order valence-corrected chi connectivity index (χ0v) is 19.0. The monoisotopic (exact) mass is 474 g/mol. The number of rotatable bonds is 5. The number of nitrogens with two attached hydrogens (primary N) is 1. The fraction of sp³-hybridized carbons (Fsp3) is 0.400. The summed E-state index contributed by atoms with van der Waals surface area (Å²) < 4.78 is 45.3. The van der Waals surface area contributed by atoms with E-state index in [4.69, 9.17) is 15.5 Å². The number of sulfone groups is 1. The van der Waals surface area contributed by atoms with Gasteiger partial charge in [0.15, 0.2) is 32.9 Å². The summed E-state index contributed by atoms with van der Waals surface area (Å²) in [5.41, 5.74) is 7.86. The molecule has 2 N–H and O–H groups in total. The number of fused-ring (bicyclic) bond motifs is 3. The molecule has 3 aromatic heterocycles. The van der Waals surface area contributed by atoms with Gasteiger partial charge in [0.2, 0.25) is 5.95 Å². The van der Waals surface area contributed by atoms with Gasteiger partial charge in [-0.25, -0.2) is 22.8 Å². The van der Waals surface area contributed by atoms with Crippen LogP contribution in [-0.2, 0) is 15.7 Å². The Balaban J connectivity index is 1.47. The van der Waals surface area contributed by atoms with Crippen LogP contribution < -0.4 is 15.4 Å². The van der Waals surface area contributed by atoms with Crippen LogP contribution in [0.2, 0.25) is 0 Å². The van der Waals surface area contributed by atoms with E-state index in [0.29, 0.717) is 28.9 Å². The summed E-state index contributed by atoms with van der Waals surface area (Å²) in [6.07, 6.45) is 6.34. The van der Waals surface area contributed by atoms with E-state index in [-0.39, 0.29) is 23.5 Å². The normalized spacial score (nSPS) is 17.2. The van der Waals surface area contributed by atoms with Gasteiger partial charge in [-0.2, -0.15) is 9.61 Å². The second-order valence-electron chi connectivity index (χ2n) is 8.26. The van der Waals surface area contributed by atoms with Crippen LogP contribution >= 0.6 is 0 Å². The maximum absolute atomic E-state index is 14.4. The summed E-state index contributed by atoms with van der Waals surface area (Å²) in [6, 6.07) is 2.82. The van der Waals surface area contributed by atoms with E-state index in [1.165, 1.54) is 34.7 Å². The molecule has 1 atom stereocenters. The van der Waals surface area contributed by atoms with E-state index in [9.17, 15) is 12.8 Å². The van der Waals surface area contributed by atoms with Gasteiger partial charge in [0, 0.05) is 42.9 Å². The lowest BCUT2D eigenvalue weighted by molar-refractivity contribution is 0.387. The molecule has 1 unspecified atom stereocenters. The summed E-state index contributed by atoms with van der Waals surface area (Å²) in [5.74, 6) is 0.157. The van der Waals surface area contributed by atoms with Gasteiger partial charge >= 0.3 is 0 Å². The minimum absolute atomic E-state index is 0.00875. The van der Waals surface area contributed by atoms with Crippen molar-refractivity contribution in [1.82, 2.24) is 29.4 Å². The van der Waals surface area contributed by atoms with Gasteiger partial charge in [-0.3, -0.25) is 4.68 Å². The molecule has 0 aliphatic carbocycles. The maximum atomic E-state index is 14.4. The van der Waals surface area contributed by atoms with E-state index < -0.39 is 15.7 Å². The van der Waals surface area contributed by atoms with Crippen molar-refractivity contribution < 1.29 is 17.5 Å². The Morgan fingerprint density at radius 2 is 2.12 bits per heavy atom. The highest BCUT2D eigenvalue weighted by atomic mass is 32.2. The molecule has 5 rings (SSSR count). The topological polar surface area (TPSA) is 134 Å². The summed E-state index contributed by atoms with van der Waals surface area (Å²) >= 11 is 0. The molecule has 1 saturated heterocycles. The highest BCUT2D eigenvalue weighted by Gasteiger charge is 2.27. The van der Waals surface area contributed by atoms with Gasteiger partial charge in [0.25, 0.3) is 0 Å². The summed E-state index contributed by atoms with van der Waals surface area (Å²) in [6.45, 7) is 1.45. The molecule has 1 fully saturated rings. The highest BCUT2D eigenvalue weighted by molar-refractivity contribution is 7.89. The number of aromatic nitrogens is 6. The number of methoxy groups -OCH3 is 1. The van der Waals surface area contributed by atoms with Gasteiger partial charge in [-0.05, 0) is 18.9 Å². The van der Waals surface area contributed by atoms with Crippen molar-refractivity contribution >= 4 is 38.0 Å². The first-order valence-electron chi connectivity index (χ1n) is 10.4. The molecule has 1 aromatic carbocycles. The molecule has 33 heavy (non-hydrogen) atoms. The number of piperidine rings is 1. The fourth-order valence-electron chi connectivity index (χ4n) is 4.23. The van der Waals surface area contributed by atoms with Crippen LogP contribution in [0.5, 0.6) is 5.75 Å². The minimum Gasteiger partial charge on any atom is -0.494 e. The zero-order chi connectivity index (χ0) is 23.3. The average molecular weight is 475 g/mol. The van der Waals surface area contributed by atoms with Gasteiger partial charge < -0.3 is 15.4 Å². The molecule has 0 amide bonds. The van der Waals surface area contributed by atoms with E-state index >= 15 is 0 Å². The third-order valence-electron chi connectivity index (χ3n) is 5.72. The molecule has 11 nitrogen and oxygen atoms in total. The fourth-order valence-corrected chi connectivity index (χ4v) is 4.85. The van der Waals surface area contributed by atoms with Crippen molar-refractivity contribution in [3.63, 3.8) is 0 Å². The molecule has 0 saturated carbocycles. The lowest BCUT2D eigenvalue weighted by Gasteiger charge is -2.32. The van der Waals surface area contributed by atoms with Gasteiger partial charge in [0.1, 0.15) is 5.88 Å². The van der Waals surface area contributed by atoms with Crippen molar-refractivity contribution in [3.05, 3.63) is 36.2 Å². The van der Waals surface area contributed by atoms with E-state index in [2.05, 4.69) is 20.1 Å². The average Bonchev–Trinajstić information content (AvgIpc) is 3.41. The maximum Gasteiger partial charge on any atom is 0.223 e. The van der Waals surface area contributed by atoms with E-state index in [1.807, 2.05) is 0 Å². The van der Waals surface area contributed by atoms with Crippen LogP contribution in [0, 0.1) is 5.82 Å². The lowest BCUT2D eigenvalue weighted by atomic mass is 9.97. The Morgan fingerprint density at radius 1 is 1.30 bits per heavy atom. The van der Waals surface area contributed by atoms with Crippen molar-refractivity contribution in [3.8, 4) is 5.75 Å². The predicted octanol–water partition coefficient (Wildman–Crippen LogP) is 1.59. The largest absolute Gasteiger partial charge is 0.494 e. The Labute approximate surface area is 188 Å². The second-order valence-corrected chi connectivity index (χ2v) is 10.4. The summed E-state index contributed by atoms with van der Waals surface area (Å²) in [5, 5.41) is 9.24. The second kappa shape index (κ2) is 7.83. The molecule has 1 aliphatic heterocycles.